The third-order valence-corrected chi connectivity index (χ3v) is 8.69. The SMILES string of the molecule is CCCCOc1c(OC)cc(-c2cc3cc4nc(c(-c5ccccn5)c5ccc(cc6nc(c(Br)c2[nH]3)C=C6)[nH]5)C=C4)cc1OC. The van der Waals surface area contributed by atoms with Crippen LogP contribution in [0.2, 0.25) is 0 Å². The summed E-state index contributed by atoms with van der Waals surface area (Å²) in [4.78, 5) is 21.8. The minimum Gasteiger partial charge on any atom is -0.493 e. The third kappa shape index (κ3) is 5.70. The van der Waals surface area contributed by atoms with E-state index < -0.39 is 0 Å². The van der Waals surface area contributed by atoms with Gasteiger partial charge in [-0.3, -0.25) is 4.98 Å². The molecule has 0 atom stereocenters. The normalized spacial score (nSPS) is 12.0. The number of unbranched alkanes of at least 4 members (excludes halogenated alkanes) is 1. The van der Waals surface area contributed by atoms with Crippen molar-refractivity contribution in [2.45, 2.75) is 19.8 Å². The average molecular weight is 675 g/mol. The first kappa shape index (κ1) is 29.6. The Hall–Kier alpha value is -5.15. The molecule has 46 heavy (non-hydrogen) atoms. The molecule has 0 fully saturated rings. The highest BCUT2D eigenvalue weighted by atomic mass is 79.9. The number of halogens is 1. The Morgan fingerprint density at radius 2 is 1.52 bits per heavy atom. The van der Waals surface area contributed by atoms with E-state index in [9.17, 15) is 0 Å². The molecule has 1 aromatic carbocycles. The summed E-state index contributed by atoms with van der Waals surface area (Å²) in [6, 6.07) is 20.1. The van der Waals surface area contributed by atoms with Crippen molar-refractivity contribution < 1.29 is 14.2 Å². The fraction of sp³-hybridized carbons (Fsp3) is 0.162. The summed E-state index contributed by atoms with van der Waals surface area (Å²) in [7, 11) is 3.29. The zero-order valence-electron chi connectivity index (χ0n) is 25.7. The van der Waals surface area contributed by atoms with E-state index >= 15 is 0 Å². The Morgan fingerprint density at radius 3 is 2.24 bits per heavy atom. The lowest BCUT2D eigenvalue weighted by Crippen LogP contribution is -2.01. The molecule has 2 N–H and O–H groups in total. The van der Waals surface area contributed by atoms with E-state index in [1.165, 1.54) is 0 Å². The Morgan fingerprint density at radius 1 is 0.783 bits per heavy atom. The number of hydrogen-bond donors (Lipinski definition) is 2. The van der Waals surface area contributed by atoms with E-state index in [0.717, 1.165) is 84.5 Å². The number of ether oxygens (including phenoxy) is 3. The van der Waals surface area contributed by atoms with Crippen molar-refractivity contribution in [1.82, 2.24) is 24.9 Å². The molecule has 0 unspecified atom stereocenters. The zero-order valence-corrected chi connectivity index (χ0v) is 27.3. The van der Waals surface area contributed by atoms with Crippen molar-refractivity contribution in [3.8, 4) is 39.6 Å². The van der Waals surface area contributed by atoms with Gasteiger partial charge in [-0.2, -0.15) is 0 Å². The molecule has 9 heteroatoms. The van der Waals surface area contributed by atoms with E-state index in [2.05, 4.69) is 49.9 Å². The number of aromatic nitrogens is 5. The molecule has 6 heterocycles. The van der Waals surface area contributed by atoms with Gasteiger partial charge in [-0.15, -0.1) is 0 Å². The standard InChI is InChI=1S/C37H32BrN5O3/c1-4-5-16-46-37-32(44-2)17-22(18-33(37)45-3)27-21-26-20-25-10-13-30(41-25)34(28-8-6-7-15-39-28)29-12-9-23(40-29)19-24-11-14-31(42-24)35(38)36(27)43-26/h6-15,17-21,40,43H,4-5,16H2,1-3H3. The van der Waals surface area contributed by atoms with Crippen LogP contribution in [0, 0.1) is 0 Å². The maximum atomic E-state index is 6.10. The van der Waals surface area contributed by atoms with E-state index in [-0.39, 0.29) is 0 Å². The van der Waals surface area contributed by atoms with Crippen molar-refractivity contribution in [2.75, 3.05) is 20.8 Å². The monoisotopic (exact) mass is 673 g/mol. The lowest BCUT2D eigenvalue weighted by atomic mass is 10.1. The van der Waals surface area contributed by atoms with Crippen LogP contribution in [0.3, 0.4) is 0 Å². The zero-order chi connectivity index (χ0) is 31.6. The van der Waals surface area contributed by atoms with Gasteiger partial charge in [0, 0.05) is 28.4 Å². The van der Waals surface area contributed by atoms with E-state index in [1.807, 2.05) is 72.8 Å². The Kier molecular flexibility index (Phi) is 8.15. The third-order valence-electron chi connectivity index (χ3n) is 7.88. The molecule has 5 aromatic rings. The lowest BCUT2D eigenvalue weighted by Gasteiger charge is -2.16. The van der Waals surface area contributed by atoms with Gasteiger partial charge in [0.1, 0.15) is 0 Å². The lowest BCUT2D eigenvalue weighted by molar-refractivity contribution is 0.270. The van der Waals surface area contributed by atoms with Crippen LogP contribution in [0.25, 0.3) is 68.8 Å². The molecule has 8 bridgehead atoms. The molecule has 230 valence electrons. The Balaban J connectivity index is 1.50. The molecule has 2 aliphatic heterocycles. The summed E-state index contributed by atoms with van der Waals surface area (Å²) in [5, 5.41) is 0. The molecular weight excluding hydrogens is 642 g/mol. The predicted octanol–water partition coefficient (Wildman–Crippen LogP) is 9.34. The van der Waals surface area contributed by atoms with Gasteiger partial charge in [0.2, 0.25) is 5.75 Å². The number of nitrogens with zero attached hydrogens (tertiary/aromatic N) is 3. The number of fused-ring (bicyclic) bond motifs is 8. The van der Waals surface area contributed by atoms with Gasteiger partial charge in [-0.1, -0.05) is 19.4 Å². The number of H-pyrrole nitrogens is 2. The molecule has 0 amide bonds. The molecule has 8 nitrogen and oxygen atoms in total. The average Bonchev–Trinajstić information content (AvgIpc) is 3.90. The van der Waals surface area contributed by atoms with Crippen LogP contribution in [0.5, 0.6) is 17.2 Å². The summed E-state index contributed by atoms with van der Waals surface area (Å²) in [5.74, 6) is 1.80. The van der Waals surface area contributed by atoms with Gasteiger partial charge in [0.05, 0.1) is 64.8 Å². The fourth-order valence-corrected chi connectivity index (χ4v) is 6.17. The molecule has 0 aliphatic carbocycles. The summed E-state index contributed by atoms with van der Waals surface area (Å²) in [6.45, 7) is 2.71. The molecule has 7 rings (SSSR count). The number of rotatable bonds is 8. The van der Waals surface area contributed by atoms with Gasteiger partial charge in [0.25, 0.3) is 0 Å². The maximum Gasteiger partial charge on any atom is 0.203 e. The minimum absolute atomic E-state index is 0.580. The molecule has 0 saturated heterocycles. The Bertz CT molecular complexity index is 2140. The van der Waals surface area contributed by atoms with Crippen LogP contribution in [-0.2, 0) is 0 Å². The van der Waals surface area contributed by atoms with Gasteiger partial charge in [-0.25, -0.2) is 9.97 Å². The first-order valence-corrected chi connectivity index (χ1v) is 15.9. The maximum absolute atomic E-state index is 6.10. The van der Waals surface area contributed by atoms with Crippen LogP contribution in [0.15, 0.2) is 71.3 Å². The smallest absolute Gasteiger partial charge is 0.203 e. The fourth-order valence-electron chi connectivity index (χ4n) is 5.63. The highest BCUT2D eigenvalue weighted by molar-refractivity contribution is 9.10. The summed E-state index contributed by atoms with van der Waals surface area (Å²) >= 11 is 3.88. The highest BCUT2D eigenvalue weighted by Gasteiger charge is 2.19. The number of pyridine rings is 1. The van der Waals surface area contributed by atoms with Gasteiger partial charge < -0.3 is 24.2 Å². The van der Waals surface area contributed by atoms with Gasteiger partial charge in [-0.05, 0) is 107 Å². The second-order valence-corrected chi connectivity index (χ2v) is 11.7. The van der Waals surface area contributed by atoms with E-state index in [4.69, 9.17) is 24.2 Å². The highest BCUT2D eigenvalue weighted by Crippen LogP contribution is 2.44. The summed E-state index contributed by atoms with van der Waals surface area (Å²) < 4.78 is 18.5. The number of aromatic amines is 2. The molecule has 2 aliphatic rings. The summed E-state index contributed by atoms with van der Waals surface area (Å²) in [5.41, 5.74) is 10.5. The van der Waals surface area contributed by atoms with Crippen molar-refractivity contribution in [3.63, 3.8) is 0 Å². The first-order chi connectivity index (χ1) is 22.5. The van der Waals surface area contributed by atoms with Crippen LogP contribution < -0.4 is 14.2 Å². The molecule has 0 radical (unpaired) electrons. The number of methoxy groups -OCH3 is 2. The predicted molar refractivity (Wildman–Crippen MR) is 189 cm³/mol. The quantitative estimate of drug-likeness (QED) is 0.156. The molecule has 4 aromatic heterocycles. The van der Waals surface area contributed by atoms with Crippen molar-refractivity contribution >= 4 is 62.3 Å². The number of nitrogens with one attached hydrogen (secondary N) is 2. The number of hydrogen-bond acceptors (Lipinski definition) is 6. The van der Waals surface area contributed by atoms with Crippen LogP contribution in [0.4, 0.5) is 0 Å². The van der Waals surface area contributed by atoms with E-state index in [0.29, 0.717) is 23.9 Å². The van der Waals surface area contributed by atoms with Crippen molar-refractivity contribution in [3.05, 3.63) is 94.1 Å². The molecule has 0 spiro atoms. The minimum atomic E-state index is 0.580. The van der Waals surface area contributed by atoms with Crippen molar-refractivity contribution in [2.24, 2.45) is 0 Å². The van der Waals surface area contributed by atoms with Crippen LogP contribution in [-0.4, -0.2) is 45.7 Å². The van der Waals surface area contributed by atoms with Gasteiger partial charge in [0.15, 0.2) is 11.5 Å². The second kappa shape index (κ2) is 12.7. The van der Waals surface area contributed by atoms with Crippen molar-refractivity contribution in [1.29, 1.82) is 0 Å². The topological polar surface area (TPSA) is 97.9 Å². The second-order valence-electron chi connectivity index (χ2n) is 11.0. The summed E-state index contributed by atoms with van der Waals surface area (Å²) in [6.07, 6.45) is 11.8. The van der Waals surface area contributed by atoms with E-state index in [1.54, 1.807) is 20.4 Å². The largest absolute Gasteiger partial charge is 0.493 e. The molecule has 0 saturated carbocycles. The van der Waals surface area contributed by atoms with Crippen LogP contribution >= 0.6 is 15.9 Å². The first-order valence-electron chi connectivity index (χ1n) is 15.1. The Labute approximate surface area is 275 Å². The van der Waals surface area contributed by atoms with Crippen LogP contribution in [0.1, 0.15) is 42.5 Å². The van der Waals surface area contributed by atoms with Gasteiger partial charge >= 0.3 is 0 Å². The molecular formula is C37H32BrN5O3. The number of benzene rings is 1.